The average molecular weight is 290 g/mol. The molecule has 3 nitrogen and oxygen atoms in total. The van der Waals surface area contributed by atoms with Crippen molar-refractivity contribution < 1.29 is 9.53 Å². The van der Waals surface area contributed by atoms with E-state index in [4.69, 9.17) is 22.1 Å². The standard InChI is InChI=1S/C16H16ClNO2/c1-11(12-6-4-7-14(18)9-12)16(19)20-10-13-5-2-3-8-15(13)17/h2-9,11H,10,18H2,1H3. The first-order valence-corrected chi connectivity index (χ1v) is 6.71. The van der Waals surface area contributed by atoms with E-state index in [0.29, 0.717) is 10.7 Å². The van der Waals surface area contributed by atoms with Crippen LogP contribution in [-0.4, -0.2) is 5.97 Å². The zero-order valence-corrected chi connectivity index (χ0v) is 11.9. The number of nitrogens with two attached hydrogens (primary N) is 1. The fourth-order valence-electron chi connectivity index (χ4n) is 1.85. The molecule has 2 aromatic rings. The van der Waals surface area contributed by atoms with Crippen LogP contribution in [0.25, 0.3) is 0 Å². The summed E-state index contributed by atoms with van der Waals surface area (Å²) in [5, 5.41) is 0.594. The highest BCUT2D eigenvalue weighted by Crippen LogP contribution is 2.21. The lowest BCUT2D eigenvalue weighted by Gasteiger charge is -2.13. The van der Waals surface area contributed by atoms with E-state index in [0.717, 1.165) is 11.1 Å². The summed E-state index contributed by atoms with van der Waals surface area (Å²) in [6, 6.07) is 14.5. The number of carbonyl (C=O) groups excluding carboxylic acids is 1. The third-order valence-electron chi connectivity index (χ3n) is 3.09. The Morgan fingerprint density at radius 1 is 1.25 bits per heavy atom. The van der Waals surface area contributed by atoms with E-state index in [2.05, 4.69) is 0 Å². The summed E-state index contributed by atoms with van der Waals surface area (Å²) in [6.45, 7) is 1.97. The normalized spacial score (nSPS) is 11.9. The Balaban J connectivity index is 2.00. The first kappa shape index (κ1) is 14.4. The molecular weight excluding hydrogens is 274 g/mol. The van der Waals surface area contributed by atoms with Gasteiger partial charge in [0.1, 0.15) is 6.61 Å². The van der Waals surface area contributed by atoms with Crippen LogP contribution in [0.5, 0.6) is 0 Å². The summed E-state index contributed by atoms with van der Waals surface area (Å²) < 4.78 is 5.30. The van der Waals surface area contributed by atoms with Crippen LogP contribution in [0.2, 0.25) is 5.02 Å². The lowest BCUT2D eigenvalue weighted by Crippen LogP contribution is -2.13. The van der Waals surface area contributed by atoms with Crippen molar-refractivity contribution >= 4 is 23.3 Å². The van der Waals surface area contributed by atoms with Gasteiger partial charge >= 0.3 is 5.97 Å². The molecule has 0 amide bonds. The van der Waals surface area contributed by atoms with E-state index in [-0.39, 0.29) is 18.5 Å². The minimum Gasteiger partial charge on any atom is -0.460 e. The molecule has 2 rings (SSSR count). The molecule has 0 aliphatic heterocycles. The number of benzene rings is 2. The number of nitrogen functional groups attached to an aromatic ring is 1. The molecule has 0 fully saturated rings. The molecule has 0 spiro atoms. The van der Waals surface area contributed by atoms with Crippen LogP contribution in [0.4, 0.5) is 5.69 Å². The zero-order chi connectivity index (χ0) is 14.5. The maximum absolute atomic E-state index is 12.0. The summed E-state index contributed by atoms with van der Waals surface area (Å²) >= 11 is 6.02. The van der Waals surface area contributed by atoms with Crippen molar-refractivity contribution in [3.8, 4) is 0 Å². The number of esters is 1. The zero-order valence-electron chi connectivity index (χ0n) is 11.2. The topological polar surface area (TPSA) is 52.3 Å². The van der Waals surface area contributed by atoms with Crippen molar-refractivity contribution in [2.24, 2.45) is 0 Å². The van der Waals surface area contributed by atoms with Gasteiger partial charge in [-0.2, -0.15) is 0 Å². The van der Waals surface area contributed by atoms with Gasteiger partial charge in [-0.25, -0.2) is 0 Å². The van der Waals surface area contributed by atoms with Gasteiger partial charge in [-0.3, -0.25) is 4.79 Å². The van der Waals surface area contributed by atoms with Crippen LogP contribution >= 0.6 is 11.6 Å². The van der Waals surface area contributed by atoms with Crippen LogP contribution < -0.4 is 5.73 Å². The predicted molar refractivity (Wildman–Crippen MR) is 80.5 cm³/mol. The SMILES string of the molecule is CC(C(=O)OCc1ccccc1Cl)c1cccc(N)c1. The van der Waals surface area contributed by atoms with Crippen molar-refractivity contribution in [3.05, 3.63) is 64.7 Å². The third kappa shape index (κ3) is 3.52. The minimum atomic E-state index is -0.360. The molecule has 1 atom stereocenters. The summed E-state index contributed by atoms with van der Waals surface area (Å²) in [5.74, 6) is -0.656. The maximum atomic E-state index is 12.0. The van der Waals surface area contributed by atoms with Gasteiger partial charge < -0.3 is 10.5 Å². The van der Waals surface area contributed by atoms with Gasteiger partial charge in [-0.1, -0.05) is 41.9 Å². The Kier molecular flexibility index (Phi) is 4.64. The molecule has 4 heteroatoms. The average Bonchev–Trinajstić information content (AvgIpc) is 2.45. The van der Waals surface area contributed by atoms with E-state index < -0.39 is 0 Å². The van der Waals surface area contributed by atoms with Crippen LogP contribution in [0.3, 0.4) is 0 Å². The molecule has 0 heterocycles. The second kappa shape index (κ2) is 6.44. The first-order chi connectivity index (χ1) is 9.58. The van der Waals surface area contributed by atoms with Gasteiger partial charge in [0, 0.05) is 16.3 Å². The highest BCUT2D eigenvalue weighted by molar-refractivity contribution is 6.31. The molecule has 0 aliphatic carbocycles. The summed E-state index contributed by atoms with van der Waals surface area (Å²) in [4.78, 5) is 12.0. The van der Waals surface area contributed by atoms with E-state index in [9.17, 15) is 4.79 Å². The summed E-state index contributed by atoms with van der Waals surface area (Å²) in [7, 11) is 0. The molecule has 104 valence electrons. The number of halogens is 1. The number of hydrogen-bond acceptors (Lipinski definition) is 3. The lowest BCUT2D eigenvalue weighted by atomic mass is 10.0. The Labute approximate surface area is 123 Å². The molecule has 0 saturated carbocycles. The number of anilines is 1. The Hall–Kier alpha value is -2.00. The van der Waals surface area contributed by atoms with E-state index in [1.54, 1.807) is 25.1 Å². The fourth-order valence-corrected chi connectivity index (χ4v) is 2.04. The van der Waals surface area contributed by atoms with Crippen molar-refractivity contribution in [1.82, 2.24) is 0 Å². The number of carbonyl (C=O) groups is 1. The van der Waals surface area contributed by atoms with Gasteiger partial charge in [0.05, 0.1) is 5.92 Å². The van der Waals surface area contributed by atoms with Gasteiger partial charge in [0.25, 0.3) is 0 Å². The van der Waals surface area contributed by atoms with E-state index >= 15 is 0 Å². The second-order valence-electron chi connectivity index (χ2n) is 4.59. The van der Waals surface area contributed by atoms with Crippen LogP contribution in [-0.2, 0) is 16.1 Å². The molecule has 0 aromatic heterocycles. The molecule has 0 bridgehead atoms. The van der Waals surface area contributed by atoms with Gasteiger partial charge in [0.2, 0.25) is 0 Å². The van der Waals surface area contributed by atoms with Crippen molar-refractivity contribution in [2.45, 2.75) is 19.4 Å². The molecular formula is C16H16ClNO2. The number of ether oxygens (including phenoxy) is 1. The Morgan fingerprint density at radius 3 is 2.70 bits per heavy atom. The predicted octanol–water partition coefficient (Wildman–Crippen LogP) is 3.77. The number of rotatable bonds is 4. The molecule has 20 heavy (non-hydrogen) atoms. The summed E-state index contributed by atoms with van der Waals surface area (Å²) in [5.41, 5.74) is 7.98. The molecule has 2 N–H and O–H groups in total. The molecule has 0 aliphatic rings. The summed E-state index contributed by atoms with van der Waals surface area (Å²) in [6.07, 6.45) is 0. The highest BCUT2D eigenvalue weighted by atomic mass is 35.5. The largest absolute Gasteiger partial charge is 0.460 e. The molecule has 1 unspecified atom stereocenters. The fraction of sp³-hybridized carbons (Fsp3) is 0.188. The molecule has 0 saturated heterocycles. The monoisotopic (exact) mass is 289 g/mol. The smallest absolute Gasteiger partial charge is 0.313 e. The van der Waals surface area contributed by atoms with E-state index in [1.165, 1.54) is 0 Å². The van der Waals surface area contributed by atoms with Gasteiger partial charge in [-0.05, 0) is 30.7 Å². The first-order valence-electron chi connectivity index (χ1n) is 6.33. The van der Waals surface area contributed by atoms with E-state index in [1.807, 2.05) is 30.3 Å². The maximum Gasteiger partial charge on any atom is 0.313 e. The highest BCUT2D eigenvalue weighted by Gasteiger charge is 2.17. The van der Waals surface area contributed by atoms with Crippen LogP contribution in [0.1, 0.15) is 24.0 Å². The van der Waals surface area contributed by atoms with Crippen molar-refractivity contribution in [2.75, 3.05) is 5.73 Å². The molecule has 0 radical (unpaired) electrons. The van der Waals surface area contributed by atoms with Crippen molar-refractivity contribution in [3.63, 3.8) is 0 Å². The van der Waals surface area contributed by atoms with Crippen LogP contribution in [0, 0.1) is 0 Å². The third-order valence-corrected chi connectivity index (χ3v) is 3.46. The molecule has 2 aromatic carbocycles. The Bertz CT molecular complexity index is 613. The number of hydrogen-bond donors (Lipinski definition) is 1. The van der Waals surface area contributed by atoms with Gasteiger partial charge in [-0.15, -0.1) is 0 Å². The van der Waals surface area contributed by atoms with Crippen molar-refractivity contribution in [1.29, 1.82) is 0 Å². The van der Waals surface area contributed by atoms with Gasteiger partial charge in [0.15, 0.2) is 0 Å². The quantitative estimate of drug-likeness (QED) is 0.688. The lowest BCUT2D eigenvalue weighted by molar-refractivity contribution is -0.146. The minimum absolute atomic E-state index is 0.172. The van der Waals surface area contributed by atoms with Crippen LogP contribution in [0.15, 0.2) is 48.5 Å². The Morgan fingerprint density at radius 2 is 2.00 bits per heavy atom. The second-order valence-corrected chi connectivity index (χ2v) is 5.00.